The molecule has 4 rings (SSSR count). The van der Waals surface area contributed by atoms with Gasteiger partial charge in [0.05, 0.1) is 28.4 Å². The van der Waals surface area contributed by atoms with Crippen molar-refractivity contribution < 1.29 is 4.74 Å². The zero-order chi connectivity index (χ0) is 22.8. The average molecular weight is 477 g/mol. The molecule has 7 nitrogen and oxygen atoms in total. The monoisotopic (exact) mass is 476 g/mol. The summed E-state index contributed by atoms with van der Waals surface area (Å²) in [7, 11) is 3.77. The zero-order valence-corrected chi connectivity index (χ0v) is 20.5. The van der Waals surface area contributed by atoms with Crippen LogP contribution in [0.4, 0.5) is 5.82 Å². The van der Waals surface area contributed by atoms with Gasteiger partial charge in [0.25, 0.3) is 0 Å². The molecular weight excluding hydrogens is 447 g/mol. The topological polar surface area (TPSA) is 66.7 Å². The van der Waals surface area contributed by atoms with Crippen molar-refractivity contribution in [2.45, 2.75) is 32.7 Å². The molecule has 1 saturated heterocycles. The highest BCUT2D eigenvalue weighted by molar-refractivity contribution is 6.39. The molecule has 1 aliphatic rings. The fraction of sp³-hybridized carbons (Fsp3) is 0.478. The minimum Gasteiger partial charge on any atom is -0.497 e. The van der Waals surface area contributed by atoms with E-state index in [4.69, 9.17) is 38.0 Å². The number of hydrogen-bond acceptors (Lipinski definition) is 6. The van der Waals surface area contributed by atoms with Crippen molar-refractivity contribution in [1.82, 2.24) is 24.8 Å². The number of aromatic nitrogens is 3. The van der Waals surface area contributed by atoms with E-state index < -0.39 is 0 Å². The predicted molar refractivity (Wildman–Crippen MR) is 131 cm³/mol. The highest BCUT2D eigenvalue weighted by atomic mass is 35.5. The molecule has 1 aromatic carbocycles. The van der Waals surface area contributed by atoms with Gasteiger partial charge in [-0.2, -0.15) is 9.61 Å². The normalized spacial score (nSPS) is 17.1. The second kappa shape index (κ2) is 9.83. The second-order valence-electron chi connectivity index (χ2n) is 8.43. The molecule has 172 valence electrons. The predicted octanol–water partition coefficient (Wildman–Crippen LogP) is 4.42. The SMILES string of the molecule is COc1cc(Cl)c(-c2c(C)nn3c(NCCNC4CCCN(C)C4)cc(C)nc23)c(Cl)c1. The van der Waals surface area contributed by atoms with E-state index in [1.165, 1.54) is 19.4 Å². The minimum atomic E-state index is 0.506. The maximum atomic E-state index is 6.59. The van der Waals surface area contributed by atoms with Gasteiger partial charge >= 0.3 is 0 Å². The highest BCUT2D eigenvalue weighted by Gasteiger charge is 2.21. The van der Waals surface area contributed by atoms with Gasteiger partial charge in [-0.05, 0) is 52.4 Å². The summed E-state index contributed by atoms with van der Waals surface area (Å²) in [6, 6.07) is 6.08. The van der Waals surface area contributed by atoms with Crippen LogP contribution in [0.2, 0.25) is 10.0 Å². The maximum absolute atomic E-state index is 6.59. The second-order valence-corrected chi connectivity index (χ2v) is 9.24. The smallest absolute Gasteiger partial charge is 0.165 e. The first kappa shape index (κ1) is 23.1. The van der Waals surface area contributed by atoms with Gasteiger partial charge in [0.2, 0.25) is 0 Å². The molecule has 9 heteroatoms. The summed E-state index contributed by atoms with van der Waals surface area (Å²) in [5.74, 6) is 1.51. The van der Waals surface area contributed by atoms with Crippen LogP contribution >= 0.6 is 23.2 Å². The average Bonchev–Trinajstić information content (AvgIpc) is 3.06. The summed E-state index contributed by atoms with van der Waals surface area (Å²) in [4.78, 5) is 7.14. The Morgan fingerprint density at radius 1 is 1.12 bits per heavy atom. The number of likely N-dealkylation sites (N-methyl/N-ethyl adjacent to an activating group) is 1. The third kappa shape index (κ3) is 4.81. The van der Waals surface area contributed by atoms with Gasteiger partial charge in [0, 0.05) is 43.0 Å². The highest BCUT2D eigenvalue weighted by Crippen LogP contribution is 2.41. The zero-order valence-electron chi connectivity index (χ0n) is 19.0. The van der Waals surface area contributed by atoms with Crippen LogP contribution in [-0.4, -0.2) is 65.9 Å². The molecule has 0 saturated carbocycles. The summed E-state index contributed by atoms with van der Waals surface area (Å²) in [5.41, 5.74) is 3.97. The summed E-state index contributed by atoms with van der Waals surface area (Å²) >= 11 is 13.2. The molecule has 1 fully saturated rings. The minimum absolute atomic E-state index is 0.506. The molecule has 0 amide bonds. The first-order valence-corrected chi connectivity index (χ1v) is 11.7. The van der Waals surface area contributed by atoms with Crippen LogP contribution in [0, 0.1) is 13.8 Å². The molecule has 0 aliphatic carbocycles. The van der Waals surface area contributed by atoms with Crippen molar-refractivity contribution in [2.75, 3.05) is 45.7 Å². The van der Waals surface area contributed by atoms with Crippen molar-refractivity contribution >= 4 is 34.7 Å². The van der Waals surface area contributed by atoms with E-state index in [1.807, 2.05) is 24.4 Å². The maximum Gasteiger partial charge on any atom is 0.165 e. The number of likely N-dealkylation sites (tertiary alicyclic amines) is 1. The van der Waals surface area contributed by atoms with Gasteiger partial charge in [-0.25, -0.2) is 4.98 Å². The number of nitrogens with one attached hydrogen (secondary N) is 2. The lowest BCUT2D eigenvalue weighted by molar-refractivity contribution is 0.229. The van der Waals surface area contributed by atoms with Crippen LogP contribution in [0.1, 0.15) is 24.2 Å². The summed E-state index contributed by atoms with van der Waals surface area (Å²) in [6.45, 7) is 7.88. The van der Waals surface area contributed by atoms with E-state index in [2.05, 4.69) is 22.6 Å². The van der Waals surface area contributed by atoms with Gasteiger partial charge in [-0.3, -0.25) is 0 Å². The molecule has 32 heavy (non-hydrogen) atoms. The largest absolute Gasteiger partial charge is 0.497 e. The van der Waals surface area contributed by atoms with Crippen LogP contribution in [0.25, 0.3) is 16.8 Å². The molecule has 1 aliphatic heterocycles. The number of halogens is 2. The molecular formula is C23H30Cl2N6O. The van der Waals surface area contributed by atoms with Gasteiger partial charge in [0.15, 0.2) is 5.65 Å². The number of piperidine rings is 1. The van der Waals surface area contributed by atoms with E-state index in [0.29, 0.717) is 27.4 Å². The van der Waals surface area contributed by atoms with Crippen LogP contribution < -0.4 is 15.4 Å². The Kier molecular flexibility index (Phi) is 7.10. The van der Waals surface area contributed by atoms with E-state index >= 15 is 0 Å². The molecule has 3 aromatic rings. The number of hydrogen-bond donors (Lipinski definition) is 2. The molecule has 1 unspecified atom stereocenters. The van der Waals surface area contributed by atoms with Crippen LogP contribution in [0.5, 0.6) is 5.75 Å². The van der Waals surface area contributed by atoms with Crippen LogP contribution in [0.3, 0.4) is 0 Å². The van der Waals surface area contributed by atoms with Gasteiger partial charge in [-0.15, -0.1) is 0 Å². The number of ether oxygens (including phenoxy) is 1. The van der Waals surface area contributed by atoms with Gasteiger partial charge in [-0.1, -0.05) is 23.2 Å². The molecule has 3 heterocycles. The molecule has 0 bridgehead atoms. The molecule has 2 aromatic heterocycles. The van der Waals surface area contributed by atoms with Gasteiger partial charge in [0.1, 0.15) is 11.6 Å². The lowest BCUT2D eigenvalue weighted by Gasteiger charge is -2.30. The van der Waals surface area contributed by atoms with E-state index in [-0.39, 0.29) is 0 Å². The van der Waals surface area contributed by atoms with Crippen LogP contribution in [0.15, 0.2) is 18.2 Å². The fourth-order valence-corrected chi connectivity index (χ4v) is 5.03. The molecule has 2 N–H and O–H groups in total. The van der Waals surface area contributed by atoms with E-state index in [1.54, 1.807) is 19.2 Å². The Morgan fingerprint density at radius 3 is 2.56 bits per heavy atom. The lowest BCUT2D eigenvalue weighted by Crippen LogP contribution is -2.45. The number of nitrogens with zero attached hydrogens (tertiary/aromatic N) is 4. The number of rotatable bonds is 7. The third-order valence-electron chi connectivity index (χ3n) is 5.88. The third-order valence-corrected chi connectivity index (χ3v) is 6.48. The number of anilines is 1. The Labute approximate surface area is 199 Å². The first-order valence-electron chi connectivity index (χ1n) is 10.9. The summed E-state index contributed by atoms with van der Waals surface area (Å²) in [5, 5.41) is 12.9. The van der Waals surface area contributed by atoms with Crippen LogP contribution in [-0.2, 0) is 0 Å². The lowest BCUT2D eigenvalue weighted by atomic mass is 10.1. The first-order chi connectivity index (χ1) is 15.4. The van der Waals surface area contributed by atoms with Gasteiger partial charge < -0.3 is 20.3 Å². The molecule has 0 radical (unpaired) electrons. The van der Waals surface area contributed by atoms with Crippen molar-refractivity contribution in [3.05, 3.63) is 39.6 Å². The standard InChI is InChI=1S/C23H30Cl2N6O/c1-14-10-20(27-8-7-26-16-6-5-9-30(3)13-16)31-23(28-14)21(15(2)29-31)22-18(24)11-17(32-4)12-19(22)25/h10-12,16,26-27H,5-9,13H2,1-4H3. The molecule has 1 atom stereocenters. The van der Waals surface area contributed by atoms with Crippen molar-refractivity contribution in [3.8, 4) is 16.9 Å². The Hall–Kier alpha value is -2.06. The van der Waals surface area contributed by atoms with E-state index in [9.17, 15) is 0 Å². The number of aryl methyl sites for hydroxylation is 2. The number of fused-ring (bicyclic) bond motifs is 1. The number of benzene rings is 1. The Balaban J connectivity index is 1.59. The van der Waals surface area contributed by atoms with E-state index in [0.717, 1.165) is 48.1 Å². The Bertz CT molecular complexity index is 1090. The van der Waals surface area contributed by atoms with Crippen molar-refractivity contribution in [1.29, 1.82) is 0 Å². The van der Waals surface area contributed by atoms with Crippen molar-refractivity contribution in [2.24, 2.45) is 0 Å². The summed E-state index contributed by atoms with van der Waals surface area (Å²) < 4.78 is 7.12. The summed E-state index contributed by atoms with van der Waals surface area (Å²) in [6.07, 6.45) is 2.48. The Morgan fingerprint density at radius 2 is 1.88 bits per heavy atom. The number of methoxy groups -OCH3 is 1. The quantitative estimate of drug-likeness (QED) is 0.491. The molecule has 0 spiro atoms. The van der Waals surface area contributed by atoms with Crippen molar-refractivity contribution in [3.63, 3.8) is 0 Å². The fourth-order valence-electron chi connectivity index (χ4n) is 4.37.